The van der Waals surface area contributed by atoms with Gasteiger partial charge in [0, 0.05) is 19.6 Å². The van der Waals surface area contributed by atoms with Gasteiger partial charge in [0.05, 0.1) is 12.0 Å². The maximum atomic E-state index is 13.5. The van der Waals surface area contributed by atoms with E-state index in [0.717, 1.165) is 96.7 Å². The highest BCUT2D eigenvalue weighted by Gasteiger charge is 2.31. The van der Waals surface area contributed by atoms with E-state index in [1.165, 1.54) is 141 Å². The van der Waals surface area contributed by atoms with Gasteiger partial charge in [-0.25, -0.2) is 0 Å². The lowest BCUT2D eigenvalue weighted by Gasteiger charge is -2.27. The van der Waals surface area contributed by atoms with Crippen molar-refractivity contribution in [3.05, 3.63) is 0 Å². The first-order valence-corrected chi connectivity index (χ1v) is 25.7. The van der Waals surface area contributed by atoms with Crippen molar-refractivity contribution in [2.75, 3.05) is 32.8 Å². The van der Waals surface area contributed by atoms with Gasteiger partial charge in [0.25, 0.3) is 0 Å². The van der Waals surface area contributed by atoms with Crippen LogP contribution >= 0.6 is 0 Å². The lowest BCUT2D eigenvalue weighted by atomic mass is 9.86. The van der Waals surface area contributed by atoms with Crippen LogP contribution in [-0.2, 0) is 19.1 Å². The predicted octanol–water partition coefficient (Wildman–Crippen LogP) is 15.5. The van der Waals surface area contributed by atoms with Crippen LogP contribution in [0.15, 0.2) is 0 Å². The monoisotopic (exact) mass is 822 g/mol. The average molecular weight is 822 g/mol. The van der Waals surface area contributed by atoms with Crippen LogP contribution < -0.4 is 0 Å². The summed E-state index contributed by atoms with van der Waals surface area (Å²) in [5.74, 6) is -0.0197. The molecule has 0 heterocycles. The second kappa shape index (κ2) is 40.0. The molecule has 0 aromatic carbocycles. The third-order valence-corrected chi connectivity index (χ3v) is 12.4. The third-order valence-electron chi connectivity index (χ3n) is 12.4. The molecule has 6 heteroatoms. The molecule has 0 aliphatic carbocycles. The Morgan fingerprint density at radius 2 is 0.897 bits per heavy atom. The lowest BCUT2D eigenvalue weighted by Crippen LogP contribution is -2.31. The molecule has 0 bridgehead atoms. The van der Waals surface area contributed by atoms with Gasteiger partial charge in [-0.1, -0.05) is 189 Å². The first-order chi connectivity index (χ1) is 28.0. The molecule has 58 heavy (non-hydrogen) atoms. The molecule has 0 spiro atoms. The molecule has 0 aliphatic heterocycles. The number of unbranched alkanes of at least 4 members (excludes halogenated alkanes) is 24. The number of ether oxygens (including phenoxy) is 2. The molecule has 0 aromatic heterocycles. The quantitative estimate of drug-likeness (QED) is 0.0487. The Morgan fingerprint density at radius 1 is 0.500 bits per heavy atom. The Kier molecular flexibility index (Phi) is 39.2. The second-order valence-corrected chi connectivity index (χ2v) is 19.7. The molecule has 0 aliphatic rings. The number of rotatable bonds is 45. The largest absolute Gasteiger partial charge is 0.465 e. The molecule has 0 rings (SSSR count). The molecule has 0 amide bonds. The summed E-state index contributed by atoms with van der Waals surface area (Å²) in [5, 5.41) is 9.51. The maximum Gasteiger partial charge on any atom is 0.311 e. The Bertz CT molecular complexity index is 886. The van der Waals surface area contributed by atoms with Crippen LogP contribution in [0.1, 0.15) is 273 Å². The number of hydrogen-bond donors (Lipinski definition) is 1. The highest BCUT2D eigenvalue weighted by Crippen LogP contribution is 2.29. The van der Waals surface area contributed by atoms with Gasteiger partial charge in [-0.2, -0.15) is 0 Å². The number of carbonyl (C=O) groups is 2. The molecular weight excluding hydrogens is 719 g/mol. The van der Waals surface area contributed by atoms with Gasteiger partial charge < -0.3 is 19.5 Å². The zero-order chi connectivity index (χ0) is 43.0. The topological polar surface area (TPSA) is 76.1 Å². The molecule has 0 fully saturated rings. The standard InChI is InChI=1S/C52H103NO5/c1-8-11-14-17-20-23-26-32-40-49(55)57-47-51(4,5)41-33-29-36-44-53(45-37-46-54)43-35-28-27-34-42-52(6,7)50(56)58-48(38-30-24-21-18-15-12-9-2)39-31-25-22-19-16-13-10-3/h48,54H,8-47H2,1-7H3. The van der Waals surface area contributed by atoms with E-state index in [1.54, 1.807) is 0 Å². The summed E-state index contributed by atoms with van der Waals surface area (Å²) >= 11 is 0. The van der Waals surface area contributed by atoms with E-state index in [-0.39, 0.29) is 30.1 Å². The van der Waals surface area contributed by atoms with Gasteiger partial charge in [0.15, 0.2) is 0 Å². The van der Waals surface area contributed by atoms with E-state index in [2.05, 4.69) is 53.4 Å². The maximum absolute atomic E-state index is 13.5. The summed E-state index contributed by atoms with van der Waals surface area (Å²) in [4.78, 5) is 28.3. The SMILES string of the molecule is CCCCCCCCCCC(=O)OCC(C)(C)CCCCCN(CCCO)CCCCCCC(C)(C)C(=O)OC(CCCCCCCCC)CCCCCCCCC. The summed E-state index contributed by atoms with van der Waals surface area (Å²) in [7, 11) is 0. The summed E-state index contributed by atoms with van der Waals surface area (Å²) in [5.41, 5.74) is -0.423. The van der Waals surface area contributed by atoms with Gasteiger partial charge in [-0.3, -0.25) is 9.59 Å². The fourth-order valence-electron chi connectivity index (χ4n) is 8.16. The van der Waals surface area contributed by atoms with Gasteiger partial charge in [0.2, 0.25) is 0 Å². The van der Waals surface area contributed by atoms with Crippen molar-refractivity contribution in [1.82, 2.24) is 4.90 Å². The summed E-state index contributed by atoms with van der Waals surface area (Å²) in [6.45, 7) is 19.3. The predicted molar refractivity (Wildman–Crippen MR) is 251 cm³/mol. The van der Waals surface area contributed by atoms with E-state index in [0.29, 0.717) is 13.0 Å². The van der Waals surface area contributed by atoms with E-state index in [9.17, 15) is 14.7 Å². The minimum atomic E-state index is -0.436. The van der Waals surface area contributed by atoms with Crippen molar-refractivity contribution in [2.24, 2.45) is 10.8 Å². The molecule has 346 valence electrons. The van der Waals surface area contributed by atoms with Crippen molar-refractivity contribution in [1.29, 1.82) is 0 Å². The normalized spacial score (nSPS) is 12.2. The molecule has 0 atom stereocenters. The van der Waals surface area contributed by atoms with Crippen LogP contribution in [0.4, 0.5) is 0 Å². The molecule has 1 N–H and O–H groups in total. The van der Waals surface area contributed by atoms with Crippen LogP contribution in [0.3, 0.4) is 0 Å². The van der Waals surface area contributed by atoms with Gasteiger partial charge in [-0.15, -0.1) is 0 Å². The second-order valence-electron chi connectivity index (χ2n) is 19.7. The molecule has 6 nitrogen and oxygen atoms in total. The summed E-state index contributed by atoms with van der Waals surface area (Å²) in [6.07, 6.45) is 41.5. The van der Waals surface area contributed by atoms with Crippen molar-refractivity contribution in [3.8, 4) is 0 Å². The minimum absolute atomic E-state index is 0.0112. The molecule has 0 unspecified atom stereocenters. The highest BCUT2D eigenvalue weighted by atomic mass is 16.5. The van der Waals surface area contributed by atoms with Crippen molar-refractivity contribution < 1.29 is 24.2 Å². The van der Waals surface area contributed by atoms with Crippen molar-refractivity contribution >= 4 is 11.9 Å². The first-order valence-electron chi connectivity index (χ1n) is 25.7. The lowest BCUT2D eigenvalue weighted by molar-refractivity contribution is -0.161. The number of aliphatic hydroxyl groups excluding tert-OH is 1. The third kappa shape index (κ3) is 36.7. The van der Waals surface area contributed by atoms with Gasteiger partial charge >= 0.3 is 11.9 Å². The number of nitrogens with zero attached hydrogens (tertiary/aromatic N) is 1. The summed E-state index contributed by atoms with van der Waals surface area (Å²) in [6, 6.07) is 0. The fourth-order valence-corrected chi connectivity index (χ4v) is 8.16. The number of hydrogen-bond acceptors (Lipinski definition) is 6. The Labute approximate surface area is 362 Å². The Morgan fingerprint density at radius 3 is 1.40 bits per heavy atom. The molecule has 0 radical (unpaired) electrons. The van der Waals surface area contributed by atoms with Crippen LogP contribution in [-0.4, -0.2) is 60.9 Å². The zero-order valence-electron chi connectivity index (χ0n) is 40.4. The molecule has 0 saturated heterocycles. The van der Waals surface area contributed by atoms with E-state index in [4.69, 9.17) is 9.47 Å². The first kappa shape index (κ1) is 56.9. The smallest absolute Gasteiger partial charge is 0.311 e. The van der Waals surface area contributed by atoms with Crippen LogP contribution in [0.25, 0.3) is 0 Å². The minimum Gasteiger partial charge on any atom is -0.465 e. The van der Waals surface area contributed by atoms with Crippen molar-refractivity contribution in [3.63, 3.8) is 0 Å². The van der Waals surface area contributed by atoms with Gasteiger partial charge in [0.1, 0.15) is 6.10 Å². The van der Waals surface area contributed by atoms with Crippen molar-refractivity contribution in [2.45, 2.75) is 279 Å². The average Bonchev–Trinajstić information content (AvgIpc) is 3.20. The molecule has 0 saturated carbocycles. The van der Waals surface area contributed by atoms with Gasteiger partial charge in [-0.05, 0) is 96.6 Å². The van der Waals surface area contributed by atoms with E-state index in [1.807, 2.05) is 0 Å². The zero-order valence-corrected chi connectivity index (χ0v) is 40.4. The molecular formula is C52H103NO5. The number of carbonyl (C=O) groups excluding carboxylic acids is 2. The summed E-state index contributed by atoms with van der Waals surface area (Å²) < 4.78 is 12.0. The number of aliphatic hydroxyl groups is 1. The van der Waals surface area contributed by atoms with Crippen LogP contribution in [0.5, 0.6) is 0 Å². The van der Waals surface area contributed by atoms with E-state index < -0.39 is 5.41 Å². The Balaban J connectivity index is 4.44. The Hall–Kier alpha value is -1.14. The highest BCUT2D eigenvalue weighted by molar-refractivity contribution is 5.76. The number of esters is 2. The van der Waals surface area contributed by atoms with E-state index >= 15 is 0 Å². The van der Waals surface area contributed by atoms with Crippen LogP contribution in [0.2, 0.25) is 0 Å². The van der Waals surface area contributed by atoms with Crippen LogP contribution in [0, 0.1) is 10.8 Å². The molecule has 0 aromatic rings. The fraction of sp³-hybridized carbons (Fsp3) is 0.962.